The number of thioether (sulfide) groups is 1. The number of amides is 2. The van der Waals surface area contributed by atoms with Crippen LogP contribution in [-0.2, 0) is 4.74 Å². The largest absolute Gasteiger partial charge is 0.385 e. The fraction of sp³-hybridized carbons (Fsp3) is 0.800. The molecular weight excluding hydrogens is 226 g/mol. The Morgan fingerprint density at radius 1 is 1.69 bits per heavy atom. The first-order valence-electron chi connectivity index (χ1n) is 5.45. The first-order valence-corrected chi connectivity index (χ1v) is 6.61. The van der Waals surface area contributed by atoms with Gasteiger partial charge >= 0.3 is 6.03 Å². The van der Waals surface area contributed by atoms with Gasteiger partial charge in [0.15, 0.2) is 0 Å². The highest BCUT2D eigenvalue weighted by Gasteiger charge is 2.39. The van der Waals surface area contributed by atoms with Gasteiger partial charge in [-0.1, -0.05) is 0 Å². The van der Waals surface area contributed by atoms with Gasteiger partial charge in [0.1, 0.15) is 5.84 Å². The summed E-state index contributed by atoms with van der Waals surface area (Å²) < 4.78 is 5.01. The molecule has 1 fully saturated rings. The van der Waals surface area contributed by atoms with Crippen molar-refractivity contribution in [3.8, 4) is 0 Å². The van der Waals surface area contributed by atoms with Crippen molar-refractivity contribution >= 4 is 23.6 Å². The zero-order valence-corrected chi connectivity index (χ0v) is 10.2. The third-order valence-electron chi connectivity index (χ3n) is 3.06. The van der Waals surface area contributed by atoms with Gasteiger partial charge < -0.3 is 15.4 Å². The number of urea groups is 1. The van der Waals surface area contributed by atoms with Crippen molar-refractivity contribution in [3.05, 3.63) is 0 Å². The van der Waals surface area contributed by atoms with Gasteiger partial charge in [0.25, 0.3) is 0 Å². The third-order valence-corrected chi connectivity index (χ3v) is 4.25. The molecule has 2 aliphatic rings. The number of carbonyl (C=O) groups excluding carboxylic acids is 1. The molecule has 6 heteroatoms. The predicted octanol–water partition coefficient (Wildman–Crippen LogP) is 0.547. The summed E-state index contributed by atoms with van der Waals surface area (Å²) in [7, 11) is 1.63. The molecule has 90 valence electrons. The molecule has 16 heavy (non-hydrogen) atoms. The molecule has 0 bridgehead atoms. The lowest BCUT2D eigenvalue weighted by Gasteiger charge is -2.28. The van der Waals surface area contributed by atoms with E-state index in [9.17, 15) is 4.79 Å². The predicted molar refractivity (Wildman–Crippen MR) is 64.8 cm³/mol. The first kappa shape index (κ1) is 11.7. The maximum absolute atomic E-state index is 11.7. The lowest BCUT2D eigenvalue weighted by Crippen LogP contribution is -2.47. The summed E-state index contributed by atoms with van der Waals surface area (Å²) in [6.07, 6.45) is 1.11. The molecule has 2 unspecified atom stereocenters. The number of methoxy groups -OCH3 is 1. The summed E-state index contributed by atoms with van der Waals surface area (Å²) in [5.41, 5.74) is 5.85. The molecule has 1 saturated heterocycles. The third kappa shape index (κ3) is 2.17. The van der Waals surface area contributed by atoms with Crippen molar-refractivity contribution in [2.45, 2.75) is 12.5 Å². The van der Waals surface area contributed by atoms with E-state index >= 15 is 0 Å². The van der Waals surface area contributed by atoms with Crippen LogP contribution in [0.5, 0.6) is 0 Å². The molecule has 0 spiro atoms. The molecule has 0 aromatic rings. The van der Waals surface area contributed by atoms with Gasteiger partial charge in [-0.05, 0) is 23.8 Å². The van der Waals surface area contributed by atoms with Crippen LogP contribution in [0.1, 0.15) is 6.42 Å². The number of hydrogen-bond donors (Lipinski definition) is 1. The normalized spacial score (nSPS) is 29.9. The summed E-state index contributed by atoms with van der Waals surface area (Å²) in [5.74, 6) is 3.16. The summed E-state index contributed by atoms with van der Waals surface area (Å²) in [6, 6.07) is -0.214. The fourth-order valence-corrected chi connectivity index (χ4v) is 3.53. The molecule has 0 aromatic heterocycles. The summed E-state index contributed by atoms with van der Waals surface area (Å²) in [5, 5.41) is 0. The van der Waals surface area contributed by atoms with Crippen molar-refractivity contribution in [3.63, 3.8) is 0 Å². The Labute approximate surface area is 99.4 Å². The Bertz CT molecular complexity index is 302. The van der Waals surface area contributed by atoms with E-state index in [-0.39, 0.29) is 12.1 Å². The zero-order valence-electron chi connectivity index (χ0n) is 9.39. The van der Waals surface area contributed by atoms with Crippen LogP contribution in [0.2, 0.25) is 0 Å². The van der Waals surface area contributed by atoms with Gasteiger partial charge in [-0.15, -0.1) is 0 Å². The van der Waals surface area contributed by atoms with Crippen molar-refractivity contribution in [1.29, 1.82) is 0 Å². The number of amidine groups is 1. The van der Waals surface area contributed by atoms with E-state index in [0.29, 0.717) is 24.9 Å². The average Bonchev–Trinajstić information content (AvgIpc) is 2.83. The molecule has 2 amide bonds. The molecule has 0 aliphatic carbocycles. The Hall–Kier alpha value is -0.750. The van der Waals surface area contributed by atoms with Crippen LogP contribution in [0.3, 0.4) is 0 Å². The van der Waals surface area contributed by atoms with Crippen molar-refractivity contribution in [2.75, 3.05) is 31.8 Å². The molecule has 0 radical (unpaired) electrons. The lowest BCUT2D eigenvalue weighted by atomic mass is 9.97. The number of nitrogens with two attached hydrogens (primary N) is 1. The topological polar surface area (TPSA) is 67.9 Å². The number of carbonyl (C=O) groups is 1. The van der Waals surface area contributed by atoms with Gasteiger partial charge in [-0.3, -0.25) is 0 Å². The molecule has 0 aromatic carbocycles. The molecule has 0 saturated carbocycles. The first-order chi connectivity index (χ1) is 7.74. The number of ether oxygens (including phenoxy) is 1. The minimum absolute atomic E-state index is 0.00218. The Morgan fingerprint density at radius 2 is 2.50 bits per heavy atom. The fourth-order valence-electron chi connectivity index (χ4n) is 2.24. The second kappa shape index (κ2) is 5.05. The maximum atomic E-state index is 11.7. The van der Waals surface area contributed by atoms with Crippen molar-refractivity contribution < 1.29 is 9.53 Å². The smallest absolute Gasteiger partial charge is 0.345 e. The quantitative estimate of drug-likeness (QED) is 0.783. The van der Waals surface area contributed by atoms with Crippen molar-refractivity contribution in [2.24, 2.45) is 16.6 Å². The Balaban J connectivity index is 2.06. The van der Waals surface area contributed by atoms with Crippen LogP contribution in [0.4, 0.5) is 4.79 Å². The van der Waals surface area contributed by atoms with E-state index in [1.54, 1.807) is 12.0 Å². The number of rotatable bonds is 4. The highest BCUT2D eigenvalue weighted by Crippen LogP contribution is 2.31. The van der Waals surface area contributed by atoms with Crippen molar-refractivity contribution in [1.82, 2.24) is 4.90 Å². The zero-order chi connectivity index (χ0) is 11.5. The SMILES string of the molecule is COCCN1C(=O)N=C(N)C1C1CCSC1. The molecule has 2 heterocycles. The van der Waals surface area contributed by atoms with Gasteiger partial charge in [0.05, 0.1) is 12.6 Å². The Morgan fingerprint density at radius 3 is 3.12 bits per heavy atom. The molecule has 5 nitrogen and oxygen atoms in total. The van der Waals surface area contributed by atoms with E-state index in [1.165, 1.54) is 0 Å². The van der Waals surface area contributed by atoms with E-state index in [2.05, 4.69) is 4.99 Å². The van der Waals surface area contributed by atoms with Crippen LogP contribution >= 0.6 is 11.8 Å². The second-order valence-corrected chi connectivity index (χ2v) is 5.22. The van der Waals surface area contributed by atoms with E-state index in [4.69, 9.17) is 10.5 Å². The van der Waals surface area contributed by atoms with Crippen LogP contribution in [0, 0.1) is 5.92 Å². The lowest BCUT2D eigenvalue weighted by molar-refractivity contribution is 0.141. The minimum atomic E-state index is -0.212. The van der Waals surface area contributed by atoms with Crippen LogP contribution in [0.25, 0.3) is 0 Å². The van der Waals surface area contributed by atoms with E-state index < -0.39 is 0 Å². The summed E-state index contributed by atoms with van der Waals surface area (Å²) in [4.78, 5) is 17.3. The molecule has 2 aliphatic heterocycles. The second-order valence-electron chi connectivity index (χ2n) is 4.07. The van der Waals surface area contributed by atoms with Crippen LogP contribution < -0.4 is 5.73 Å². The van der Waals surface area contributed by atoms with E-state index in [0.717, 1.165) is 17.9 Å². The maximum Gasteiger partial charge on any atom is 0.345 e. The highest BCUT2D eigenvalue weighted by atomic mass is 32.2. The molecule has 2 rings (SSSR count). The highest BCUT2D eigenvalue weighted by molar-refractivity contribution is 7.99. The number of hydrogen-bond acceptors (Lipinski definition) is 4. The monoisotopic (exact) mass is 243 g/mol. The van der Waals surface area contributed by atoms with Crippen LogP contribution in [0.15, 0.2) is 4.99 Å². The molecule has 2 atom stereocenters. The average molecular weight is 243 g/mol. The number of nitrogens with zero attached hydrogens (tertiary/aromatic N) is 2. The van der Waals surface area contributed by atoms with Gasteiger partial charge in [0, 0.05) is 13.7 Å². The van der Waals surface area contributed by atoms with Gasteiger partial charge in [0.2, 0.25) is 0 Å². The Kier molecular flexibility index (Phi) is 3.70. The number of aliphatic imine (C=N–C) groups is 1. The molecular formula is C10H17N3O2S. The van der Waals surface area contributed by atoms with Gasteiger partial charge in [-0.2, -0.15) is 16.8 Å². The van der Waals surface area contributed by atoms with E-state index in [1.807, 2.05) is 11.8 Å². The molecule has 2 N–H and O–H groups in total. The van der Waals surface area contributed by atoms with Gasteiger partial charge in [-0.25, -0.2) is 4.79 Å². The standard InChI is InChI=1S/C10H17N3O2S/c1-15-4-3-13-8(7-2-5-16-6-7)9(11)12-10(13)14/h7-8H,2-6H2,1H3,(H2,11,12,14). The summed E-state index contributed by atoms with van der Waals surface area (Å²) in [6.45, 7) is 1.11. The minimum Gasteiger partial charge on any atom is -0.385 e. The summed E-state index contributed by atoms with van der Waals surface area (Å²) >= 11 is 1.92. The van der Waals surface area contributed by atoms with Crippen LogP contribution in [-0.4, -0.2) is 54.6 Å².